The molecule has 0 heterocycles. The quantitative estimate of drug-likeness (QED) is 0.0523. The van der Waals surface area contributed by atoms with Gasteiger partial charge in [-0.2, -0.15) is 0 Å². The molecule has 262 valence electrons. The molecule has 0 unspecified atom stereocenters. The number of carbonyl (C=O) groups is 5. The number of rotatable bonds is 20. The van der Waals surface area contributed by atoms with Gasteiger partial charge in [-0.1, -0.05) is 60.7 Å². The molecule has 0 saturated carbocycles. The molecular weight excluding hydrogens is 618 g/mol. The molecule has 0 bridgehead atoms. The van der Waals surface area contributed by atoms with Gasteiger partial charge in [-0.15, -0.1) is 0 Å². The van der Waals surface area contributed by atoms with Gasteiger partial charge >= 0.3 is 6.09 Å². The first-order valence-corrected chi connectivity index (χ1v) is 16.0. The number of nitrogens with one attached hydrogen (secondary N) is 4. The molecule has 0 spiro atoms. The lowest BCUT2D eigenvalue weighted by molar-refractivity contribution is -0.133. The second-order valence-corrected chi connectivity index (χ2v) is 11.1. The third-order valence-corrected chi connectivity index (χ3v) is 7.23. The van der Waals surface area contributed by atoms with E-state index in [1.54, 1.807) is 31.2 Å². The number of carbonyl (C=O) groups excluding carboxylic acids is 5. The second-order valence-electron chi connectivity index (χ2n) is 11.1. The number of nitrogens with zero attached hydrogens (tertiary/aromatic N) is 1. The minimum absolute atomic E-state index is 0.0918. The van der Waals surface area contributed by atoms with Gasteiger partial charge in [0, 0.05) is 13.0 Å². The van der Waals surface area contributed by atoms with Crippen LogP contribution in [0.25, 0.3) is 0 Å². The van der Waals surface area contributed by atoms with Gasteiger partial charge in [0.15, 0.2) is 5.96 Å². The number of alkyl carbamates (subject to hydrolysis) is 1. The molecular formula is C33H49N9O6. The number of ether oxygens (including phenoxy) is 1. The van der Waals surface area contributed by atoms with Crippen molar-refractivity contribution >= 4 is 35.7 Å². The molecule has 2 rings (SSSR count). The Morgan fingerprint density at radius 1 is 0.729 bits per heavy atom. The average molecular weight is 668 g/mol. The average Bonchev–Trinajstić information content (AvgIpc) is 3.06. The summed E-state index contributed by atoms with van der Waals surface area (Å²) in [6, 6.07) is 14.1. The monoisotopic (exact) mass is 667 g/mol. The summed E-state index contributed by atoms with van der Waals surface area (Å²) in [5, 5.41) is 10.4. The van der Waals surface area contributed by atoms with Crippen LogP contribution in [0.2, 0.25) is 0 Å². The lowest BCUT2D eigenvalue weighted by Crippen LogP contribution is -2.58. The third kappa shape index (κ3) is 15.0. The van der Waals surface area contributed by atoms with E-state index >= 15 is 0 Å². The van der Waals surface area contributed by atoms with Gasteiger partial charge in [0.05, 0.1) is 12.6 Å². The maximum Gasteiger partial charge on any atom is 0.413 e. The van der Waals surface area contributed by atoms with Crippen LogP contribution in [0.4, 0.5) is 4.79 Å². The van der Waals surface area contributed by atoms with E-state index < -0.39 is 53.9 Å². The van der Waals surface area contributed by atoms with Crippen molar-refractivity contribution < 1.29 is 28.7 Å². The summed E-state index contributed by atoms with van der Waals surface area (Å²) in [4.78, 5) is 68.2. The fourth-order valence-electron chi connectivity index (χ4n) is 4.70. The van der Waals surface area contributed by atoms with E-state index in [-0.39, 0.29) is 51.2 Å². The standard InChI is InChI=1S/C33H49N9O6/c1-2-48-33(47)42-32(37)38-19-11-17-26(40-29(44)24(35)20-22-12-5-3-6-13-22)30(45)41-27(21-23-14-7-4-8-15-23)31(46)39-25(28(36)43)16-9-10-18-34/h3-8,12-15,24-27H,2,9-11,16-21,34-35H2,1H3,(H2,36,43)(H,39,46)(H,40,44)(H,41,45)(H3,37,38,42,47)/t24-,25-,26+,27-/m0/s1. The molecule has 0 aromatic heterocycles. The van der Waals surface area contributed by atoms with Crippen LogP contribution in [0, 0.1) is 0 Å². The van der Waals surface area contributed by atoms with Crippen molar-refractivity contribution in [2.45, 2.75) is 76.0 Å². The highest BCUT2D eigenvalue weighted by atomic mass is 16.5. The molecule has 2 aromatic carbocycles. The molecule has 2 aromatic rings. The Balaban J connectivity index is 2.24. The van der Waals surface area contributed by atoms with Crippen molar-refractivity contribution in [1.29, 1.82) is 0 Å². The van der Waals surface area contributed by atoms with Crippen LogP contribution in [0.5, 0.6) is 0 Å². The Labute approximate surface area is 281 Å². The molecule has 12 N–H and O–H groups in total. The van der Waals surface area contributed by atoms with Crippen LogP contribution < -0.4 is 44.2 Å². The number of hydrogen-bond donors (Lipinski definition) is 8. The zero-order valence-electron chi connectivity index (χ0n) is 27.4. The molecule has 0 aliphatic carbocycles. The molecule has 0 fully saturated rings. The smallest absolute Gasteiger partial charge is 0.413 e. The Morgan fingerprint density at radius 2 is 1.27 bits per heavy atom. The van der Waals surface area contributed by atoms with Crippen molar-refractivity contribution in [2.75, 3.05) is 19.7 Å². The van der Waals surface area contributed by atoms with E-state index in [1.165, 1.54) is 0 Å². The van der Waals surface area contributed by atoms with Crippen LogP contribution in [-0.2, 0) is 36.8 Å². The van der Waals surface area contributed by atoms with Crippen molar-refractivity contribution in [2.24, 2.45) is 27.9 Å². The van der Waals surface area contributed by atoms with E-state index in [0.717, 1.165) is 11.1 Å². The summed E-state index contributed by atoms with van der Waals surface area (Å²) in [6.45, 7) is 2.33. The highest BCUT2D eigenvalue weighted by molar-refractivity contribution is 5.95. The van der Waals surface area contributed by atoms with Gasteiger partial charge in [0.1, 0.15) is 18.1 Å². The second kappa shape index (κ2) is 21.7. The van der Waals surface area contributed by atoms with Gasteiger partial charge in [0.25, 0.3) is 0 Å². The van der Waals surface area contributed by atoms with Crippen LogP contribution in [0.3, 0.4) is 0 Å². The maximum absolute atomic E-state index is 13.8. The Bertz CT molecular complexity index is 1340. The van der Waals surface area contributed by atoms with Crippen molar-refractivity contribution in [3.63, 3.8) is 0 Å². The van der Waals surface area contributed by atoms with E-state index in [1.807, 2.05) is 36.4 Å². The van der Waals surface area contributed by atoms with Crippen LogP contribution >= 0.6 is 0 Å². The zero-order chi connectivity index (χ0) is 35.3. The highest BCUT2D eigenvalue weighted by Gasteiger charge is 2.30. The van der Waals surface area contributed by atoms with E-state index in [0.29, 0.717) is 19.4 Å². The zero-order valence-corrected chi connectivity index (χ0v) is 27.4. The van der Waals surface area contributed by atoms with E-state index in [9.17, 15) is 24.0 Å². The predicted octanol–water partition coefficient (Wildman–Crippen LogP) is -0.291. The molecule has 4 atom stereocenters. The minimum Gasteiger partial charge on any atom is -0.450 e. The van der Waals surface area contributed by atoms with Gasteiger partial charge < -0.3 is 43.6 Å². The number of benzene rings is 2. The molecule has 48 heavy (non-hydrogen) atoms. The number of aliphatic imine (C=N–C) groups is 1. The number of nitrogens with two attached hydrogens (primary N) is 4. The number of hydrogen-bond acceptors (Lipinski definition) is 9. The normalized spacial score (nSPS) is 13.7. The van der Waals surface area contributed by atoms with Crippen LogP contribution in [0.15, 0.2) is 65.7 Å². The van der Waals surface area contributed by atoms with Gasteiger partial charge in [0.2, 0.25) is 23.6 Å². The van der Waals surface area contributed by atoms with Crippen molar-refractivity contribution in [3.8, 4) is 0 Å². The molecule has 0 aliphatic heterocycles. The summed E-state index contributed by atoms with van der Waals surface area (Å²) >= 11 is 0. The summed E-state index contributed by atoms with van der Waals surface area (Å²) in [5.74, 6) is -2.70. The number of amides is 5. The maximum atomic E-state index is 13.8. The van der Waals surface area contributed by atoms with Crippen LogP contribution in [-0.4, -0.2) is 79.5 Å². The lowest BCUT2D eigenvalue weighted by atomic mass is 10.0. The Kier molecular flexibility index (Phi) is 17.7. The lowest BCUT2D eigenvalue weighted by Gasteiger charge is -2.25. The highest BCUT2D eigenvalue weighted by Crippen LogP contribution is 2.09. The third-order valence-electron chi connectivity index (χ3n) is 7.23. The Hall–Kier alpha value is -5.02. The van der Waals surface area contributed by atoms with Crippen LogP contribution in [0.1, 0.15) is 50.2 Å². The van der Waals surface area contributed by atoms with Gasteiger partial charge in [-0.25, -0.2) is 4.79 Å². The number of guanidine groups is 1. The van der Waals surface area contributed by atoms with Crippen molar-refractivity contribution in [1.82, 2.24) is 21.3 Å². The largest absolute Gasteiger partial charge is 0.450 e. The fourth-order valence-corrected chi connectivity index (χ4v) is 4.70. The predicted molar refractivity (Wildman–Crippen MR) is 182 cm³/mol. The fraction of sp³-hybridized carbons (Fsp3) is 0.455. The molecule has 15 nitrogen and oxygen atoms in total. The Morgan fingerprint density at radius 3 is 1.85 bits per heavy atom. The SMILES string of the molecule is CCOC(=O)NC(N)=NCCC[C@@H](NC(=O)[C@@H](N)Cc1ccccc1)C(=O)N[C@@H](Cc1ccccc1)C(=O)N[C@@H](CCCCN)C(N)=O. The summed E-state index contributed by atoms with van der Waals surface area (Å²) in [5.41, 5.74) is 24.7. The van der Waals surface area contributed by atoms with Crippen molar-refractivity contribution in [3.05, 3.63) is 71.8 Å². The minimum atomic E-state index is -1.11. The van der Waals surface area contributed by atoms with Gasteiger partial charge in [-0.3, -0.25) is 29.5 Å². The number of unbranched alkanes of at least 4 members (excludes halogenated alkanes) is 1. The first-order valence-electron chi connectivity index (χ1n) is 16.0. The molecule has 0 saturated heterocycles. The molecule has 0 aliphatic rings. The summed E-state index contributed by atoms with van der Waals surface area (Å²) in [6.07, 6.45) is 1.44. The van der Waals surface area contributed by atoms with E-state index in [2.05, 4.69) is 26.3 Å². The first-order chi connectivity index (χ1) is 23.0. The molecule has 5 amide bonds. The summed E-state index contributed by atoms with van der Waals surface area (Å²) < 4.78 is 4.77. The van der Waals surface area contributed by atoms with Gasteiger partial charge in [-0.05, 0) is 63.1 Å². The van der Waals surface area contributed by atoms with E-state index in [4.69, 9.17) is 27.7 Å². The summed E-state index contributed by atoms with van der Waals surface area (Å²) in [7, 11) is 0. The molecule has 15 heteroatoms. The number of primary amides is 1. The molecule has 0 radical (unpaired) electrons. The topological polar surface area (TPSA) is 259 Å². The first kappa shape index (κ1) is 39.2.